The summed E-state index contributed by atoms with van der Waals surface area (Å²) < 4.78 is 7.79. The third kappa shape index (κ3) is 2.69. The number of rotatable bonds is 3. The first-order valence-electron chi connectivity index (χ1n) is 6.45. The summed E-state index contributed by atoms with van der Waals surface area (Å²) in [5.41, 5.74) is 2.38. The number of pyridine rings is 1. The third-order valence-corrected chi connectivity index (χ3v) is 3.76. The van der Waals surface area contributed by atoms with Gasteiger partial charge in [-0.05, 0) is 39.7 Å². The molecule has 5 heteroatoms. The van der Waals surface area contributed by atoms with Crippen LogP contribution < -0.4 is 0 Å². The van der Waals surface area contributed by atoms with Crippen LogP contribution in [-0.2, 0) is 11.3 Å². The molecule has 0 spiro atoms. The molecule has 2 aromatic heterocycles. The second-order valence-electron chi connectivity index (χ2n) is 4.66. The monoisotopic (exact) mass is 344 g/mol. The van der Waals surface area contributed by atoms with E-state index in [1.165, 1.54) is 7.11 Å². The van der Waals surface area contributed by atoms with Gasteiger partial charge in [-0.15, -0.1) is 0 Å². The molecule has 0 amide bonds. The van der Waals surface area contributed by atoms with Gasteiger partial charge in [0.2, 0.25) is 0 Å². The van der Waals surface area contributed by atoms with E-state index in [0.717, 1.165) is 21.1 Å². The third-order valence-electron chi connectivity index (χ3n) is 3.33. The summed E-state index contributed by atoms with van der Waals surface area (Å²) in [4.78, 5) is 16.2. The first-order valence-corrected chi connectivity index (χ1v) is 7.25. The molecule has 0 saturated heterocycles. The molecule has 1 aromatic carbocycles. The molecule has 0 aliphatic heterocycles. The molecule has 0 N–H and O–H groups in total. The van der Waals surface area contributed by atoms with Gasteiger partial charge < -0.3 is 9.30 Å². The number of nitrogens with zero attached hydrogens (tertiary/aromatic N) is 2. The van der Waals surface area contributed by atoms with Gasteiger partial charge in [0, 0.05) is 28.8 Å². The first kappa shape index (κ1) is 13.8. The predicted octanol–water partition coefficient (Wildman–Crippen LogP) is 3.63. The van der Waals surface area contributed by atoms with Gasteiger partial charge in [-0.25, -0.2) is 9.78 Å². The highest BCUT2D eigenvalue weighted by Gasteiger charge is 2.12. The van der Waals surface area contributed by atoms with Crippen molar-refractivity contribution in [3.8, 4) is 0 Å². The molecule has 0 aliphatic carbocycles. The fraction of sp³-hybridized carbons (Fsp3) is 0.125. The molecule has 0 saturated carbocycles. The second kappa shape index (κ2) is 5.69. The average molecular weight is 345 g/mol. The molecule has 0 unspecified atom stereocenters. The van der Waals surface area contributed by atoms with Gasteiger partial charge in [-0.2, -0.15) is 0 Å². The van der Waals surface area contributed by atoms with Gasteiger partial charge in [0.1, 0.15) is 5.65 Å². The van der Waals surface area contributed by atoms with Gasteiger partial charge >= 0.3 is 5.97 Å². The van der Waals surface area contributed by atoms with E-state index in [2.05, 4.69) is 20.9 Å². The van der Waals surface area contributed by atoms with E-state index in [-0.39, 0.29) is 5.97 Å². The highest BCUT2D eigenvalue weighted by molar-refractivity contribution is 9.10. The lowest BCUT2D eigenvalue weighted by Gasteiger charge is -2.09. The lowest BCUT2D eigenvalue weighted by molar-refractivity contribution is 0.0599. The smallest absolute Gasteiger partial charge is 0.338 e. The number of methoxy groups -OCH3 is 1. The van der Waals surface area contributed by atoms with Crippen molar-refractivity contribution >= 4 is 32.9 Å². The van der Waals surface area contributed by atoms with Crippen molar-refractivity contribution in [2.24, 2.45) is 0 Å². The summed E-state index contributed by atoms with van der Waals surface area (Å²) in [7, 11) is 1.39. The van der Waals surface area contributed by atoms with E-state index >= 15 is 0 Å². The molecule has 3 rings (SSSR count). The summed E-state index contributed by atoms with van der Waals surface area (Å²) in [5.74, 6) is -0.322. The highest BCUT2D eigenvalue weighted by Crippen LogP contribution is 2.20. The van der Waals surface area contributed by atoms with Crippen LogP contribution in [0.2, 0.25) is 0 Å². The minimum absolute atomic E-state index is 0.322. The van der Waals surface area contributed by atoms with Gasteiger partial charge in [0.15, 0.2) is 0 Å². The molecule has 0 fully saturated rings. The Bertz CT molecular complexity index is 811. The van der Waals surface area contributed by atoms with E-state index < -0.39 is 0 Å². The molecule has 0 atom stereocenters. The van der Waals surface area contributed by atoms with Crippen molar-refractivity contribution in [3.05, 3.63) is 64.4 Å². The van der Waals surface area contributed by atoms with E-state index in [4.69, 9.17) is 4.74 Å². The van der Waals surface area contributed by atoms with Crippen LogP contribution in [0, 0.1) is 0 Å². The Morgan fingerprint density at radius 3 is 2.95 bits per heavy atom. The van der Waals surface area contributed by atoms with Crippen LogP contribution in [0.15, 0.2) is 53.3 Å². The van der Waals surface area contributed by atoms with Gasteiger partial charge in [0.25, 0.3) is 0 Å². The minimum atomic E-state index is -0.322. The Morgan fingerprint density at radius 2 is 2.14 bits per heavy atom. The van der Waals surface area contributed by atoms with Crippen LogP contribution in [0.4, 0.5) is 0 Å². The van der Waals surface area contributed by atoms with E-state index in [9.17, 15) is 4.79 Å². The number of benzene rings is 1. The number of carbonyl (C=O) groups excluding carboxylic acids is 1. The Morgan fingerprint density at radius 1 is 1.33 bits per heavy atom. The maximum atomic E-state index is 11.8. The fourth-order valence-electron chi connectivity index (χ4n) is 2.33. The van der Waals surface area contributed by atoms with Gasteiger partial charge in [-0.3, -0.25) is 0 Å². The quantitative estimate of drug-likeness (QED) is 0.681. The van der Waals surface area contributed by atoms with Crippen molar-refractivity contribution in [1.29, 1.82) is 0 Å². The summed E-state index contributed by atoms with van der Waals surface area (Å²) in [6.45, 7) is 0.573. The molecule has 4 nitrogen and oxygen atoms in total. The van der Waals surface area contributed by atoms with Crippen LogP contribution in [0.25, 0.3) is 11.0 Å². The lowest BCUT2D eigenvalue weighted by atomic mass is 10.1. The lowest BCUT2D eigenvalue weighted by Crippen LogP contribution is -2.08. The maximum absolute atomic E-state index is 11.8. The number of aromatic nitrogens is 2. The van der Waals surface area contributed by atoms with E-state index in [0.29, 0.717) is 12.1 Å². The number of halogens is 1. The molecule has 2 heterocycles. The van der Waals surface area contributed by atoms with Crippen molar-refractivity contribution in [1.82, 2.24) is 9.55 Å². The van der Waals surface area contributed by atoms with Gasteiger partial charge in [0.05, 0.1) is 12.7 Å². The van der Waals surface area contributed by atoms with Crippen LogP contribution in [0.3, 0.4) is 0 Å². The van der Waals surface area contributed by atoms with Crippen molar-refractivity contribution < 1.29 is 9.53 Å². The highest BCUT2D eigenvalue weighted by atomic mass is 79.9. The molecule has 0 bridgehead atoms. The summed E-state index contributed by atoms with van der Waals surface area (Å²) in [5, 5.41) is 1.06. The normalized spacial score (nSPS) is 10.8. The minimum Gasteiger partial charge on any atom is -0.465 e. The van der Waals surface area contributed by atoms with Gasteiger partial charge in [-0.1, -0.05) is 18.2 Å². The number of hydrogen-bond donors (Lipinski definition) is 0. The molecule has 21 heavy (non-hydrogen) atoms. The van der Waals surface area contributed by atoms with Crippen molar-refractivity contribution in [2.75, 3.05) is 7.11 Å². The zero-order valence-electron chi connectivity index (χ0n) is 11.4. The average Bonchev–Trinajstić information content (AvgIpc) is 2.89. The fourth-order valence-corrected chi connectivity index (χ4v) is 2.68. The Labute approximate surface area is 130 Å². The number of esters is 1. The summed E-state index contributed by atoms with van der Waals surface area (Å²) >= 11 is 3.42. The summed E-state index contributed by atoms with van der Waals surface area (Å²) in [6, 6.07) is 11.5. The van der Waals surface area contributed by atoms with E-state index in [1.807, 2.05) is 41.1 Å². The summed E-state index contributed by atoms with van der Waals surface area (Å²) in [6.07, 6.45) is 3.74. The number of carbonyl (C=O) groups is 1. The Hall–Kier alpha value is -2.14. The van der Waals surface area contributed by atoms with Crippen LogP contribution in [0.1, 0.15) is 15.9 Å². The van der Waals surface area contributed by atoms with Crippen molar-refractivity contribution in [2.45, 2.75) is 6.54 Å². The Balaban J connectivity index is 2.01. The molecule has 0 radical (unpaired) electrons. The Kier molecular flexibility index (Phi) is 3.75. The molecular weight excluding hydrogens is 332 g/mol. The van der Waals surface area contributed by atoms with Crippen molar-refractivity contribution in [3.63, 3.8) is 0 Å². The largest absolute Gasteiger partial charge is 0.465 e. The van der Waals surface area contributed by atoms with Crippen LogP contribution >= 0.6 is 15.9 Å². The maximum Gasteiger partial charge on any atom is 0.338 e. The second-order valence-corrected chi connectivity index (χ2v) is 5.57. The SMILES string of the molecule is COC(=O)c1ccccc1Cn1ccc2cc(Br)cnc21. The number of fused-ring (bicyclic) bond motifs is 1. The number of ether oxygens (including phenoxy) is 1. The molecule has 3 aromatic rings. The molecule has 0 aliphatic rings. The zero-order valence-corrected chi connectivity index (χ0v) is 13.0. The van der Waals surface area contributed by atoms with Crippen LogP contribution in [-0.4, -0.2) is 22.6 Å². The van der Waals surface area contributed by atoms with E-state index in [1.54, 1.807) is 12.3 Å². The first-order chi connectivity index (χ1) is 10.2. The molecule has 106 valence electrons. The topological polar surface area (TPSA) is 44.1 Å². The molecular formula is C16H13BrN2O2. The zero-order chi connectivity index (χ0) is 14.8. The standard InChI is InChI=1S/C16H13BrN2O2/c1-21-16(20)14-5-3-2-4-12(14)10-19-7-6-11-8-13(17)9-18-15(11)19/h2-9H,10H2,1H3. The number of hydrogen-bond acceptors (Lipinski definition) is 3. The van der Waals surface area contributed by atoms with Crippen LogP contribution in [0.5, 0.6) is 0 Å². The predicted molar refractivity (Wildman–Crippen MR) is 84.3 cm³/mol.